The highest BCUT2D eigenvalue weighted by molar-refractivity contribution is 7.13. The highest BCUT2D eigenvalue weighted by atomic mass is 32.1. The van der Waals surface area contributed by atoms with E-state index in [4.69, 9.17) is 4.74 Å². The molecular weight excluding hydrogens is 358 g/mol. The van der Waals surface area contributed by atoms with Crippen molar-refractivity contribution in [3.63, 3.8) is 0 Å². The first kappa shape index (κ1) is 19.0. The number of aromatic nitrogens is 2. The Balaban J connectivity index is 1.59. The summed E-state index contributed by atoms with van der Waals surface area (Å²) in [6.45, 7) is 4.92. The maximum Gasteiger partial charge on any atom is 0.265 e. The fourth-order valence-corrected chi connectivity index (χ4v) is 3.59. The van der Waals surface area contributed by atoms with E-state index in [1.54, 1.807) is 17.3 Å². The van der Waals surface area contributed by atoms with Gasteiger partial charge in [-0.15, -0.1) is 11.3 Å². The van der Waals surface area contributed by atoms with Crippen molar-refractivity contribution in [1.29, 1.82) is 0 Å². The molecule has 0 unspecified atom stereocenters. The summed E-state index contributed by atoms with van der Waals surface area (Å²) in [4.78, 5) is 23.7. The van der Waals surface area contributed by atoms with Crippen LogP contribution in [0.1, 0.15) is 31.5 Å². The Morgan fingerprint density at radius 2 is 1.81 bits per heavy atom. The number of rotatable bonds is 7. The lowest BCUT2D eigenvalue weighted by Gasteiger charge is -2.16. The van der Waals surface area contributed by atoms with Crippen molar-refractivity contribution in [3.8, 4) is 5.75 Å². The van der Waals surface area contributed by atoms with Crippen LogP contribution in [0.3, 0.4) is 0 Å². The molecule has 0 aliphatic rings. The van der Waals surface area contributed by atoms with Gasteiger partial charge in [-0.3, -0.25) is 9.78 Å². The Labute approximate surface area is 163 Å². The average molecular weight is 382 g/mol. The van der Waals surface area contributed by atoms with Gasteiger partial charge < -0.3 is 9.64 Å². The Morgan fingerprint density at radius 1 is 1.11 bits per heavy atom. The largest absolute Gasteiger partial charge is 0.486 e. The third-order valence-electron chi connectivity index (χ3n) is 4.25. The van der Waals surface area contributed by atoms with E-state index in [1.165, 1.54) is 16.9 Å². The minimum Gasteiger partial charge on any atom is -0.486 e. The van der Waals surface area contributed by atoms with Crippen LogP contribution >= 0.6 is 11.3 Å². The van der Waals surface area contributed by atoms with Crippen LogP contribution in [0.4, 0.5) is 0 Å². The number of hydrogen-bond donors (Lipinski definition) is 0. The first-order valence-corrected chi connectivity index (χ1v) is 9.64. The van der Waals surface area contributed by atoms with Crippen molar-refractivity contribution in [3.05, 3.63) is 75.5 Å². The van der Waals surface area contributed by atoms with E-state index in [9.17, 15) is 4.79 Å². The van der Waals surface area contributed by atoms with Gasteiger partial charge in [0.15, 0.2) is 0 Å². The third kappa shape index (κ3) is 5.14. The number of thiazole rings is 1. The number of aryl methyl sites for hydroxylation is 2. The van der Waals surface area contributed by atoms with E-state index in [-0.39, 0.29) is 5.91 Å². The second kappa shape index (κ2) is 8.77. The van der Waals surface area contributed by atoms with Crippen molar-refractivity contribution >= 4 is 17.2 Å². The molecule has 1 aromatic carbocycles. The summed E-state index contributed by atoms with van der Waals surface area (Å²) in [7, 11) is 1.82. The van der Waals surface area contributed by atoms with Crippen molar-refractivity contribution < 1.29 is 9.53 Å². The summed E-state index contributed by atoms with van der Waals surface area (Å²) in [5, 5.41) is 0.805. The zero-order valence-corrected chi connectivity index (χ0v) is 16.6. The number of likely N-dealkylation sites (N-methyl/N-ethyl adjacent to an activating group) is 1. The molecule has 3 rings (SSSR count). The lowest BCUT2D eigenvalue weighted by Crippen LogP contribution is -2.28. The lowest BCUT2D eigenvalue weighted by molar-refractivity contribution is 0.0800. The van der Waals surface area contributed by atoms with E-state index >= 15 is 0 Å². The van der Waals surface area contributed by atoms with Crippen molar-refractivity contribution in [2.24, 2.45) is 0 Å². The second-order valence-electron chi connectivity index (χ2n) is 6.46. The first-order valence-electron chi connectivity index (χ1n) is 8.83. The minimum atomic E-state index is 0.000594. The Hall–Kier alpha value is -2.73. The number of amides is 1. The molecule has 0 aliphatic heterocycles. The monoisotopic (exact) mass is 381 g/mol. The number of nitrogens with zero attached hydrogens (tertiary/aromatic N) is 3. The molecule has 6 heteroatoms. The lowest BCUT2D eigenvalue weighted by atomic mass is 10.2. The molecule has 0 fully saturated rings. The molecule has 0 saturated carbocycles. The molecule has 0 atom stereocenters. The van der Waals surface area contributed by atoms with Crippen molar-refractivity contribution in [2.75, 3.05) is 13.6 Å². The molecule has 0 N–H and O–H groups in total. The molecule has 2 heterocycles. The Kier molecular flexibility index (Phi) is 6.19. The zero-order valence-electron chi connectivity index (χ0n) is 15.8. The van der Waals surface area contributed by atoms with Gasteiger partial charge in [-0.1, -0.05) is 17.7 Å². The van der Waals surface area contributed by atoms with Gasteiger partial charge in [0, 0.05) is 26.0 Å². The Bertz CT molecular complexity index is 892. The van der Waals surface area contributed by atoms with Gasteiger partial charge in [0.05, 0.1) is 5.69 Å². The topological polar surface area (TPSA) is 55.3 Å². The summed E-state index contributed by atoms with van der Waals surface area (Å²) >= 11 is 1.40. The third-order valence-corrected chi connectivity index (χ3v) is 5.37. The normalized spacial score (nSPS) is 10.6. The summed E-state index contributed by atoms with van der Waals surface area (Å²) in [5.41, 5.74) is 3.11. The van der Waals surface area contributed by atoms with Crippen LogP contribution in [-0.2, 0) is 13.0 Å². The summed E-state index contributed by atoms with van der Waals surface area (Å²) in [6, 6.07) is 11.8. The SMILES string of the molecule is Cc1ccc(OCc2nc(C)c(C(=O)N(C)CCc3ccncc3)s2)cc1. The summed E-state index contributed by atoms with van der Waals surface area (Å²) in [5.74, 6) is 0.802. The highest BCUT2D eigenvalue weighted by Crippen LogP contribution is 2.22. The van der Waals surface area contributed by atoms with E-state index in [1.807, 2.05) is 57.3 Å². The second-order valence-corrected chi connectivity index (χ2v) is 7.54. The summed E-state index contributed by atoms with van der Waals surface area (Å²) < 4.78 is 5.78. The fourth-order valence-electron chi connectivity index (χ4n) is 2.61. The van der Waals surface area contributed by atoms with Gasteiger partial charge >= 0.3 is 0 Å². The smallest absolute Gasteiger partial charge is 0.265 e. The number of hydrogen-bond acceptors (Lipinski definition) is 5. The molecule has 2 aromatic heterocycles. The number of ether oxygens (including phenoxy) is 1. The molecule has 0 bridgehead atoms. The molecule has 1 amide bonds. The molecule has 3 aromatic rings. The number of carbonyl (C=O) groups excluding carboxylic acids is 1. The van der Waals surface area contributed by atoms with Gasteiger partial charge in [-0.05, 0) is 50.1 Å². The molecule has 27 heavy (non-hydrogen) atoms. The molecule has 140 valence electrons. The van der Waals surface area contributed by atoms with Gasteiger partial charge in [0.1, 0.15) is 22.2 Å². The van der Waals surface area contributed by atoms with Gasteiger partial charge in [-0.25, -0.2) is 4.98 Å². The van der Waals surface area contributed by atoms with Crippen molar-refractivity contribution in [1.82, 2.24) is 14.9 Å². The van der Waals surface area contributed by atoms with Crippen LogP contribution in [0.15, 0.2) is 48.8 Å². The maximum absolute atomic E-state index is 12.8. The van der Waals surface area contributed by atoms with Crippen LogP contribution < -0.4 is 4.74 Å². The van der Waals surface area contributed by atoms with Crippen LogP contribution in [0.2, 0.25) is 0 Å². The highest BCUT2D eigenvalue weighted by Gasteiger charge is 2.19. The van der Waals surface area contributed by atoms with Crippen LogP contribution in [0.25, 0.3) is 0 Å². The average Bonchev–Trinajstić information content (AvgIpc) is 3.06. The van der Waals surface area contributed by atoms with Crippen LogP contribution in [0.5, 0.6) is 5.75 Å². The number of pyridine rings is 1. The molecule has 5 nitrogen and oxygen atoms in total. The quantitative estimate of drug-likeness (QED) is 0.620. The number of benzene rings is 1. The van der Waals surface area contributed by atoms with E-state index in [0.29, 0.717) is 18.0 Å². The van der Waals surface area contributed by atoms with Crippen LogP contribution in [0, 0.1) is 13.8 Å². The molecule has 0 spiro atoms. The standard InChI is InChI=1S/C21H23N3O2S/c1-15-4-6-18(7-5-15)26-14-19-23-16(2)20(27-19)21(25)24(3)13-10-17-8-11-22-12-9-17/h4-9,11-12H,10,13-14H2,1-3H3. The predicted octanol–water partition coefficient (Wildman–Crippen LogP) is 4.05. The molecule has 0 aliphatic carbocycles. The zero-order chi connectivity index (χ0) is 19.2. The van der Waals surface area contributed by atoms with E-state index in [0.717, 1.165) is 28.4 Å². The number of carbonyl (C=O) groups is 1. The molecule has 0 radical (unpaired) electrons. The molecule has 0 saturated heterocycles. The maximum atomic E-state index is 12.8. The van der Waals surface area contributed by atoms with E-state index < -0.39 is 0 Å². The van der Waals surface area contributed by atoms with Crippen molar-refractivity contribution in [2.45, 2.75) is 26.9 Å². The van der Waals surface area contributed by atoms with Gasteiger partial charge in [-0.2, -0.15) is 0 Å². The summed E-state index contributed by atoms with van der Waals surface area (Å²) in [6.07, 6.45) is 4.33. The fraction of sp³-hybridized carbons (Fsp3) is 0.286. The van der Waals surface area contributed by atoms with Gasteiger partial charge in [0.2, 0.25) is 0 Å². The predicted molar refractivity (Wildman–Crippen MR) is 107 cm³/mol. The first-order chi connectivity index (χ1) is 13.0. The molecular formula is C21H23N3O2S. The van der Waals surface area contributed by atoms with Crippen LogP contribution in [-0.4, -0.2) is 34.4 Å². The minimum absolute atomic E-state index is 0.000594. The Morgan fingerprint density at radius 3 is 2.52 bits per heavy atom. The van der Waals surface area contributed by atoms with Gasteiger partial charge in [0.25, 0.3) is 5.91 Å². The van der Waals surface area contributed by atoms with E-state index in [2.05, 4.69) is 9.97 Å².